The Labute approximate surface area is 84.0 Å². The number of halogens is 1. The Morgan fingerprint density at radius 1 is 1.46 bits per heavy atom. The standard InChI is InChI=1S/C8H7ClO3S/c1-3-5(8(11)12)7(9)13-6(3)4(2)10/h1-2H3,(H,11,12). The first-order valence-electron chi connectivity index (χ1n) is 3.48. The lowest BCUT2D eigenvalue weighted by Gasteiger charge is -1.93. The number of hydrogen-bond donors (Lipinski definition) is 1. The van der Waals surface area contributed by atoms with Crippen LogP contribution in [0.4, 0.5) is 0 Å². The van der Waals surface area contributed by atoms with Crippen molar-refractivity contribution in [1.29, 1.82) is 0 Å². The van der Waals surface area contributed by atoms with Crippen LogP contribution in [0.15, 0.2) is 0 Å². The van der Waals surface area contributed by atoms with Gasteiger partial charge in [0, 0.05) is 0 Å². The average molecular weight is 219 g/mol. The van der Waals surface area contributed by atoms with Crippen LogP contribution in [0.25, 0.3) is 0 Å². The predicted molar refractivity (Wildman–Crippen MR) is 51.0 cm³/mol. The summed E-state index contributed by atoms with van der Waals surface area (Å²) in [5.74, 6) is -1.25. The van der Waals surface area contributed by atoms with Gasteiger partial charge in [-0.3, -0.25) is 4.79 Å². The van der Waals surface area contributed by atoms with Crippen molar-refractivity contribution in [2.75, 3.05) is 0 Å². The predicted octanol–water partition coefficient (Wildman–Crippen LogP) is 2.61. The number of ketones is 1. The molecule has 0 unspecified atom stereocenters. The third-order valence-corrected chi connectivity index (χ3v) is 3.24. The Hall–Kier alpha value is -0.870. The molecular weight excluding hydrogens is 212 g/mol. The summed E-state index contributed by atoms with van der Waals surface area (Å²) in [6.07, 6.45) is 0. The Balaban J connectivity index is 3.39. The van der Waals surface area contributed by atoms with E-state index in [1.807, 2.05) is 0 Å². The largest absolute Gasteiger partial charge is 0.478 e. The van der Waals surface area contributed by atoms with Crippen molar-refractivity contribution in [2.45, 2.75) is 13.8 Å². The van der Waals surface area contributed by atoms with Crippen LogP contribution in [-0.4, -0.2) is 16.9 Å². The van der Waals surface area contributed by atoms with Crippen LogP contribution in [0, 0.1) is 6.92 Å². The first kappa shape index (κ1) is 10.2. The van der Waals surface area contributed by atoms with Crippen molar-refractivity contribution in [1.82, 2.24) is 0 Å². The molecule has 0 spiro atoms. The Morgan fingerprint density at radius 3 is 2.23 bits per heavy atom. The maximum atomic E-state index is 11.0. The van der Waals surface area contributed by atoms with Gasteiger partial charge in [0.15, 0.2) is 5.78 Å². The molecule has 13 heavy (non-hydrogen) atoms. The third-order valence-electron chi connectivity index (χ3n) is 1.64. The minimum atomic E-state index is -1.09. The van der Waals surface area contributed by atoms with Crippen molar-refractivity contribution in [3.63, 3.8) is 0 Å². The number of carboxylic acids is 1. The fourth-order valence-electron chi connectivity index (χ4n) is 1.06. The molecule has 0 aromatic carbocycles. The van der Waals surface area contributed by atoms with Crippen LogP contribution >= 0.6 is 22.9 Å². The highest BCUT2D eigenvalue weighted by Gasteiger charge is 2.20. The summed E-state index contributed by atoms with van der Waals surface area (Å²) in [5, 5.41) is 8.75. The van der Waals surface area contributed by atoms with Crippen molar-refractivity contribution < 1.29 is 14.7 Å². The zero-order chi connectivity index (χ0) is 10.2. The molecule has 1 rings (SSSR count). The molecule has 5 heteroatoms. The third kappa shape index (κ3) is 1.73. The SMILES string of the molecule is CC(=O)c1sc(Cl)c(C(=O)O)c1C. The summed E-state index contributed by atoms with van der Waals surface area (Å²) in [7, 11) is 0. The van der Waals surface area contributed by atoms with Gasteiger partial charge in [-0.25, -0.2) is 4.79 Å². The Bertz CT molecular complexity index is 381. The number of thiophene rings is 1. The molecule has 70 valence electrons. The van der Waals surface area contributed by atoms with Crippen molar-refractivity contribution in [2.24, 2.45) is 0 Å². The fourth-order valence-corrected chi connectivity index (χ4v) is 2.43. The second-order valence-corrected chi connectivity index (χ2v) is 4.19. The molecule has 0 amide bonds. The van der Waals surface area contributed by atoms with Crippen molar-refractivity contribution in [3.05, 3.63) is 20.3 Å². The van der Waals surface area contributed by atoms with E-state index >= 15 is 0 Å². The minimum Gasteiger partial charge on any atom is -0.478 e. The smallest absolute Gasteiger partial charge is 0.338 e. The molecule has 1 heterocycles. The highest BCUT2D eigenvalue weighted by Crippen LogP contribution is 2.32. The van der Waals surface area contributed by atoms with E-state index in [9.17, 15) is 9.59 Å². The molecule has 0 atom stereocenters. The van der Waals surface area contributed by atoms with Gasteiger partial charge in [-0.15, -0.1) is 11.3 Å². The van der Waals surface area contributed by atoms with Crippen molar-refractivity contribution >= 4 is 34.7 Å². The van der Waals surface area contributed by atoms with E-state index in [0.29, 0.717) is 10.4 Å². The van der Waals surface area contributed by atoms with Crippen LogP contribution in [0.5, 0.6) is 0 Å². The lowest BCUT2D eigenvalue weighted by Crippen LogP contribution is -1.99. The van der Waals surface area contributed by atoms with Gasteiger partial charge in [-0.2, -0.15) is 0 Å². The number of Topliss-reactive ketones (excluding diaryl/α,β-unsaturated/α-hetero) is 1. The van der Waals surface area contributed by atoms with E-state index < -0.39 is 5.97 Å². The van der Waals surface area contributed by atoms with Gasteiger partial charge < -0.3 is 5.11 Å². The lowest BCUT2D eigenvalue weighted by atomic mass is 10.1. The number of carbonyl (C=O) groups is 2. The summed E-state index contributed by atoms with van der Waals surface area (Å²) >= 11 is 6.69. The number of aromatic carboxylic acids is 1. The van der Waals surface area contributed by atoms with Gasteiger partial charge in [-0.1, -0.05) is 11.6 Å². The molecule has 3 nitrogen and oxygen atoms in total. The molecule has 0 aliphatic rings. The number of rotatable bonds is 2. The van der Waals surface area contributed by atoms with Gasteiger partial charge in [0.2, 0.25) is 0 Å². The van der Waals surface area contributed by atoms with Gasteiger partial charge in [-0.05, 0) is 19.4 Å². The van der Waals surface area contributed by atoms with Crippen LogP contribution in [0.3, 0.4) is 0 Å². The first-order valence-corrected chi connectivity index (χ1v) is 4.67. The molecule has 0 aliphatic carbocycles. The van der Waals surface area contributed by atoms with E-state index in [-0.39, 0.29) is 15.7 Å². The second kappa shape index (κ2) is 3.47. The van der Waals surface area contributed by atoms with Crippen LogP contribution in [-0.2, 0) is 0 Å². The maximum absolute atomic E-state index is 11.0. The van der Waals surface area contributed by atoms with Gasteiger partial charge in [0.1, 0.15) is 4.34 Å². The average Bonchev–Trinajstić information content (AvgIpc) is 2.26. The molecule has 0 radical (unpaired) electrons. The van der Waals surface area contributed by atoms with E-state index in [4.69, 9.17) is 16.7 Å². The number of hydrogen-bond acceptors (Lipinski definition) is 3. The summed E-state index contributed by atoms with van der Waals surface area (Å²) in [4.78, 5) is 22.1. The quantitative estimate of drug-likeness (QED) is 0.777. The van der Waals surface area contributed by atoms with E-state index in [2.05, 4.69) is 0 Å². The van der Waals surface area contributed by atoms with Gasteiger partial charge >= 0.3 is 5.97 Å². The molecule has 1 aromatic rings. The molecule has 0 fully saturated rings. The second-order valence-electron chi connectivity index (χ2n) is 2.57. The molecule has 0 bridgehead atoms. The highest BCUT2D eigenvalue weighted by molar-refractivity contribution is 7.18. The van der Waals surface area contributed by atoms with Crippen molar-refractivity contribution in [3.8, 4) is 0 Å². The van der Waals surface area contributed by atoms with Crippen LogP contribution in [0.1, 0.15) is 32.5 Å². The molecule has 1 N–H and O–H groups in total. The van der Waals surface area contributed by atoms with Gasteiger partial charge in [0.05, 0.1) is 10.4 Å². The van der Waals surface area contributed by atoms with Crippen LogP contribution < -0.4 is 0 Å². The minimum absolute atomic E-state index is 0.0388. The van der Waals surface area contributed by atoms with E-state index in [1.165, 1.54) is 6.92 Å². The monoisotopic (exact) mass is 218 g/mol. The Kier molecular flexibility index (Phi) is 2.73. The summed E-state index contributed by atoms with van der Waals surface area (Å²) in [6, 6.07) is 0. The first-order chi connectivity index (χ1) is 5.95. The molecule has 0 saturated carbocycles. The van der Waals surface area contributed by atoms with Crippen LogP contribution in [0.2, 0.25) is 4.34 Å². The zero-order valence-corrected chi connectivity index (χ0v) is 8.62. The fraction of sp³-hybridized carbons (Fsp3) is 0.250. The number of carbonyl (C=O) groups excluding carboxylic acids is 1. The highest BCUT2D eigenvalue weighted by atomic mass is 35.5. The Morgan fingerprint density at radius 2 is 2.00 bits per heavy atom. The number of carboxylic acid groups (broad SMARTS) is 1. The topological polar surface area (TPSA) is 54.4 Å². The normalized spacial score (nSPS) is 10.1. The summed E-state index contributed by atoms with van der Waals surface area (Å²) < 4.78 is 0.162. The summed E-state index contributed by atoms with van der Waals surface area (Å²) in [6.45, 7) is 2.98. The molecule has 0 saturated heterocycles. The van der Waals surface area contributed by atoms with E-state index in [1.54, 1.807) is 6.92 Å². The molecular formula is C8H7ClO3S. The molecule has 0 aliphatic heterocycles. The van der Waals surface area contributed by atoms with Gasteiger partial charge in [0.25, 0.3) is 0 Å². The zero-order valence-electron chi connectivity index (χ0n) is 7.05. The molecule has 1 aromatic heterocycles. The maximum Gasteiger partial charge on any atom is 0.338 e. The van der Waals surface area contributed by atoms with E-state index in [0.717, 1.165) is 11.3 Å². The lowest BCUT2D eigenvalue weighted by molar-refractivity contribution is 0.0697. The summed E-state index contributed by atoms with van der Waals surface area (Å²) in [5.41, 5.74) is 0.492.